The highest BCUT2D eigenvalue weighted by molar-refractivity contribution is 5.39. The Hall–Kier alpha value is -3.58. The van der Waals surface area contributed by atoms with Gasteiger partial charge in [0.05, 0.1) is 11.1 Å². The molecular formula is C46H52F6O. The standard InChI is InChI=1S/C46H52F6O/c1-3-5-31-7-11-33(12-8-31)35-15-19-37(20-16-35)43(39-23-27-41(28-24-39)45(47,48)49)53-44(40-25-29-42(30-26-40)46(50,51)52)38-21-17-36(18-22-38)34-13-9-32(6-4-2)10-14-34/h15-34,43-44H,3-14H2,1-2H3. The van der Waals surface area contributed by atoms with Crippen LogP contribution in [0.5, 0.6) is 0 Å². The maximum absolute atomic E-state index is 13.6. The third-order valence-corrected chi connectivity index (χ3v) is 11.9. The zero-order valence-electron chi connectivity index (χ0n) is 30.9. The van der Waals surface area contributed by atoms with E-state index < -0.39 is 35.7 Å². The molecule has 0 radical (unpaired) electrons. The molecule has 0 spiro atoms. The Morgan fingerprint density at radius 3 is 1.00 bits per heavy atom. The molecule has 284 valence electrons. The SMILES string of the molecule is CCCC1CCC(c2ccc(C(OC(c3ccc(C4CCC(CCC)CC4)cc3)c3ccc(C(F)(F)F)cc3)c3ccc(C(F)(F)F)cc3)cc2)CC1. The normalized spacial score (nSPS) is 22.3. The summed E-state index contributed by atoms with van der Waals surface area (Å²) in [6.07, 6.45) is 3.77. The molecule has 0 amide bonds. The first-order valence-electron chi connectivity index (χ1n) is 19.6. The Balaban J connectivity index is 1.33. The van der Waals surface area contributed by atoms with Crippen LogP contribution in [0.1, 0.15) is 159 Å². The summed E-state index contributed by atoms with van der Waals surface area (Å²) in [5.74, 6) is 2.49. The van der Waals surface area contributed by atoms with Crippen molar-refractivity contribution in [1.82, 2.24) is 0 Å². The molecular weight excluding hydrogens is 682 g/mol. The van der Waals surface area contributed by atoms with E-state index in [0.717, 1.165) is 72.9 Å². The van der Waals surface area contributed by atoms with Crippen molar-refractivity contribution in [3.8, 4) is 0 Å². The Bertz CT molecular complexity index is 1560. The predicted molar refractivity (Wildman–Crippen MR) is 200 cm³/mol. The van der Waals surface area contributed by atoms with Crippen molar-refractivity contribution in [2.45, 2.75) is 127 Å². The maximum atomic E-state index is 13.6. The first kappa shape index (κ1) is 39.1. The smallest absolute Gasteiger partial charge is 0.356 e. The van der Waals surface area contributed by atoms with E-state index in [9.17, 15) is 26.3 Å². The zero-order chi connectivity index (χ0) is 37.6. The number of rotatable bonds is 12. The van der Waals surface area contributed by atoms with Crippen LogP contribution in [0.25, 0.3) is 0 Å². The zero-order valence-corrected chi connectivity index (χ0v) is 30.9. The van der Waals surface area contributed by atoms with Gasteiger partial charge >= 0.3 is 12.4 Å². The maximum Gasteiger partial charge on any atom is 0.416 e. The van der Waals surface area contributed by atoms with Crippen LogP contribution in [0.2, 0.25) is 0 Å². The highest BCUT2D eigenvalue weighted by Gasteiger charge is 2.33. The first-order valence-corrected chi connectivity index (χ1v) is 19.6. The van der Waals surface area contributed by atoms with E-state index in [2.05, 4.69) is 38.1 Å². The monoisotopic (exact) mass is 734 g/mol. The first-order chi connectivity index (χ1) is 25.4. The molecule has 2 aliphatic rings. The second kappa shape index (κ2) is 17.3. The topological polar surface area (TPSA) is 9.23 Å². The van der Waals surface area contributed by atoms with E-state index >= 15 is 0 Å². The van der Waals surface area contributed by atoms with Crippen LogP contribution in [0.3, 0.4) is 0 Å². The lowest BCUT2D eigenvalue weighted by Gasteiger charge is -2.30. The molecule has 0 aromatic heterocycles. The number of hydrogen-bond acceptors (Lipinski definition) is 1. The second-order valence-electron chi connectivity index (χ2n) is 15.5. The molecule has 2 saturated carbocycles. The Morgan fingerprint density at radius 1 is 0.453 bits per heavy atom. The van der Waals surface area contributed by atoms with Gasteiger partial charge in [0.15, 0.2) is 0 Å². The lowest BCUT2D eigenvalue weighted by molar-refractivity contribution is -0.138. The summed E-state index contributed by atoms with van der Waals surface area (Å²) in [7, 11) is 0. The average molecular weight is 735 g/mol. The van der Waals surface area contributed by atoms with Crippen molar-refractivity contribution >= 4 is 0 Å². The van der Waals surface area contributed by atoms with Crippen molar-refractivity contribution < 1.29 is 31.1 Å². The molecule has 0 aliphatic heterocycles. The van der Waals surface area contributed by atoms with Gasteiger partial charge in [-0.3, -0.25) is 0 Å². The number of hydrogen-bond donors (Lipinski definition) is 0. The number of alkyl halides is 6. The lowest BCUT2D eigenvalue weighted by Crippen LogP contribution is -2.16. The molecule has 53 heavy (non-hydrogen) atoms. The van der Waals surface area contributed by atoms with E-state index in [1.165, 1.54) is 86.8 Å². The molecule has 0 bridgehead atoms. The summed E-state index contributed by atoms with van der Waals surface area (Å²) in [6.45, 7) is 4.47. The number of benzene rings is 4. The van der Waals surface area contributed by atoms with Gasteiger partial charge in [0.1, 0.15) is 12.2 Å². The van der Waals surface area contributed by atoms with E-state index in [1.807, 2.05) is 24.3 Å². The molecule has 6 rings (SSSR count). The van der Waals surface area contributed by atoms with E-state index in [-0.39, 0.29) is 0 Å². The van der Waals surface area contributed by atoms with Crippen molar-refractivity contribution in [3.05, 3.63) is 142 Å². The summed E-state index contributed by atoms with van der Waals surface area (Å²) >= 11 is 0. The summed E-state index contributed by atoms with van der Waals surface area (Å²) in [6, 6.07) is 26.4. The third-order valence-electron chi connectivity index (χ3n) is 11.9. The lowest BCUT2D eigenvalue weighted by atomic mass is 9.77. The molecule has 2 atom stereocenters. The van der Waals surface area contributed by atoms with Crippen molar-refractivity contribution in [1.29, 1.82) is 0 Å². The van der Waals surface area contributed by atoms with Crippen molar-refractivity contribution in [2.75, 3.05) is 0 Å². The minimum atomic E-state index is -4.49. The van der Waals surface area contributed by atoms with E-state index in [0.29, 0.717) is 23.0 Å². The Kier molecular flexibility index (Phi) is 12.7. The van der Waals surface area contributed by atoms with Crippen LogP contribution in [-0.4, -0.2) is 0 Å². The van der Waals surface area contributed by atoms with Gasteiger partial charge in [-0.15, -0.1) is 0 Å². The van der Waals surface area contributed by atoms with Gasteiger partial charge in [0, 0.05) is 0 Å². The number of halogens is 6. The van der Waals surface area contributed by atoms with Crippen LogP contribution < -0.4 is 0 Å². The second-order valence-corrected chi connectivity index (χ2v) is 15.5. The average Bonchev–Trinajstić information content (AvgIpc) is 3.16. The van der Waals surface area contributed by atoms with Crippen molar-refractivity contribution in [2.24, 2.45) is 11.8 Å². The molecule has 0 N–H and O–H groups in total. The summed E-state index contributed by atoms with van der Waals surface area (Å²) in [5, 5.41) is 0. The minimum Gasteiger partial charge on any atom is -0.356 e. The van der Waals surface area contributed by atoms with Gasteiger partial charge in [-0.1, -0.05) is 112 Å². The van der Waals surface area contributed by atoms with Gasteiger partial charge in [-0.05, 0) is 133 Å². The van der Waals surface area contributed by atoms with Crippen LogP contribution in [0, 0.1) is 11.8 Å². The van der Waals surface area contributed by atoms with Crippen LogP contribution >= 0.6 is 0 Å². The van der Waals surface area contributed by atoms with Gasteiger partial charge in [-0.2, -0.15) is 26.3 Å². The molecule has 0 heterocycles. The summed E-state index contributed by atoms with van der Waals surface area (Å²) in [4.78, 5) is 0. The highest BCUT2D eigenvalue weighted by Crippen LogP contribution is 2.43. The van der Waals surface area contributed by atoms with Gasteiger partial charge in [0.25, 0.3) is 0 Å². The Labute approximate surface area is 311 Å². The van der Waals surface area contributed by atoms with Crippen LogP contribution in [0.4, 0.5) is 26.3 Å². The number of ether oxygens (including phenoxy) is 1. The predicted octanol–water partition coefficient (Wildman–Crippen LogP) is 14.8. The molecule has 2 fully saturated rings. The molecule has 4 aromatic rings. The fourth-order valence-corrected chi connectivity index (χ4v) is 8.80. The molecule has 4 aromatic carbocycles. The minimum absolute atomic E-state index is 0.461. The van der Waals surface area contributed by atoms with Crippen LogP contribution in [0.15, 0.2) is 97.1 Å². The van der Waals surface area contributed by atoms with Gasteiger partial charge in [0.2, 0.25) is 0 Å². The largest absolute Gasteiger partial charge is 0.416 e. The Morgan fingerprint density at radius 2 is 0.736 bits per heavy atom. The summed E-state index contributed by atoms with van der Waals surface area (Å²) in [5.41, 5.74) is 3.57. The molecule has 1 nitrogen and oxygen atoms in total. The van der Waals surface area contributed by atoms with Crippen molar-refractivity contribution in [3.63, 3.8) is 0 Å². The van der Waals surface area contributed by atoms with Crippen LogP contribution in [-0.2, 0) is 17.1 Å². The molecule has 2 aliphatic carbocycles. The fraction of sp³-hybridized carbons (Fsp3) is 0.478. The molecule has 2 unspecified atom stereocenters. The van der Waals surface area contributed by atoms with Gasteiger partial charge in [-0.25, -0.2) is 0 Å². The quantitative estimate of drug-likeness (QED) is 0.132. The fourth-order valence-electron chi connectivity index (χ4n) is 8.80. The molecule has 0 saturated heterocycles. The van der Waals surface area contributed by atoms with E-state index in [1.54, 1.807) is 0 Å². The van der Waals surface area contributed by atoms with E-state index in [4.69, 9.17) is 4.74 Å². The van der Waals surface area contributed by atoms with Gasteiger partial charge < -0.3 is 4.74 Å². The third kappa shape index (κ3) is 9.95. The highest BCUT2D eigenvalue weighted by atomic mass is 19.4. The molecule has 7 heteroatoms. The summed E-state index contributed by atoms with van der Waals surface area (Å²) < 4.78 is 88.6.